The lowest BCUT2D eigenvalue weighted by atomic mass is 10.2. The Hall–Kier alpha value is -2.44. The average molecular weight is 279 g/mol. The predicted molar refractivity (Wildman–Crippen MR) is 70.6 cm³/mol. The van der Waals surface area contributed by atoms with Gasteiger partial charge in [-0.1, -0.05) is 6.07 Å². The van der Waals surface area contributed by atoms with Gasteiger partial charge >= 0.3 is 5.97 Å². The van der Waals surface area contributed by atoms with Gasteiger partial charge < -0.3 is 15.7 Å². The largest absolute Gasteiger partial charge is 0.480 e. The number of rotatable bonds is 7. The molecule has 20 heavy (non-hydrogen) atoms. The maximum atomic E-state index is 11.5. The summed E-state index contributed by atoms with van der Waals surface area (Å²) in [5.74, 6) is -1.86. The van der Waals surface area contributed by atoms with E-state index in [1.54, 1.807) is 18.3 Å². The van der Waals surface area contributed by atoms with E-state index in [1.165, 1.54) is 6.92 Å². The minimum atomic E-state index is -1.11. The molecular weight excluding hydrogens is 262 g/mol. The van der Waals surface area contributed by atoms with E-state index in [4.69, 9.17) is 5.11 Å². The van der Waals surface area contributed by atoms with Crippen molar-refractivity contribution >= 4 is 17.8 Å². The molecule has 1 heterocycles. The van der Waals surface area contributed by atoms with Gasteiger partial charge in [0.05, 0.1) is 12.2 Å². The quantitative estimate of drug-likeness (QED) is 0.654. The van der Waals surface area contributed by atoms with Gasteiger partial charge in [-0.25, -0.2) is 0 Å². The molecule has 0 aliphatic rings. The summed E-state index contributed by atoms with van der Waals surface area (Å²) >= 11 is 0. The van der Waals surface area contributed by atoms with Crippen molar-refractivity contribution in [2.45, 2.75) is 32.4 Å². The summed E-state index contributed by atoms with van der Waals surface area (Å²) in [7, 11) is 0. The number of carboxylic acid groups (broad SMARTS) is 1. The number of aromatic nitrogens is 1. The zero-order chi connectivity index (χ0) is 15.0. The van der Waals surface area contributed by atoms with Crippen molar-refractivity contribution in [3.63, 3.8) is 0 Å². The molecule has 1 unspecified atom stereocenters. The minimum absolute atomic E-state index is 0.00497. The van der Waals surface area contributed by atoms with Gasteiger partial charge in [0.15, 0.2) is 0 Å². The highest BCUT2D eigenvalue weighted by Gasteiger charge is 2.14. The van der Waals surface area contributed by atoms with Crippen molar-refractivity contribution in [1.82, 2.24) is 15.6 Å². The van der Waals surface area contributed by atoms with Crippen LogP contribution in [0, 0.1) is 0 Å². The summed E-state index contributed by atoms with van der Waals surface area (Å²) in [4.78, 5) is 37.5. The highest BCUT2D eigenvalue weighted by Crippen LogP contribution is 1.95. The van der Waals surface area contributed by atoms with Crippen LogP contribution in [0.1, 0.15) is 25.5 Å². The number of pyridine rings is 1. The van der Waals surface area contributed by atoms with Crippen LogP contribution in [0.25, 0.3) is 0 Å². The van der Waals surface area contributed by atoms with Crippen LogP contribution >= 0.6 is 0 Å². The normalized spacial score (nSPS) is 11.4. The van der Waals surface area contributed by atoms with Crippen LogP contribution in [-0.4, -0.2) is 33.9 Å². The molecule has 1 aromatic heterocycles. The van der Waals surface area contributed by atoms with Gasteiger partial charge in [0.25, 0.3) is 0 Å². The molecular formula is C13H17N3O4. The third-order valence-corrected chi connectivity index (χ3v) is 2.52. The highest BCUT2D eigenvalue weighted by molar-refractivity contribution is 5.86. The summed E-state index contributed by atoms with van der Waals surface area (Å²) in [5.41, 5.74) is 0.727. The smallest absolute Gasteiger partial charge is 0.325 e. The van der Waals surface area contributed by atoms with Gasteiger partial charge in [-0.2, -0.15) is 0 Å². The lowest BCUT2D eigenvalue weighted by Crippen LogP contribution is -2.38. The number of nitrogens with zero attached hydrogens (tertiary/aromatic N) is 1. The molecule has 108 valence electrons. The van der Waals surface area contributed by atoms with Crippen molar-refractivity contribution in [3.05, 3.63) is 30.1 Å². The molecule has 0 radical (unpaired) electrons. The van der Waals surface area contributed by atoms with Crippen LogP contribution in [0.3, 0.4) is 0 Å². The fourth-order valence-electron chi connectivity index (χ4n) is 1.38. The van der Waals surface area contributed by atoms with Crippen LogP contribution in [0.5, 0.6) is 0 Å². The Balaban J connectivity index is 2.23. The monoisotopic (exact) mass is 279 g/mol. The maximum Gasteiger partial charge on any atom is 0.325 e. The van der Waals surface area contributed by atoms with Gasteiger partial charge in [0, 0.05) is 19.0 Å². The van der Waals surface area contributed by atoms with Gasteiger partial charge in [-0.05, 0) is 19.1 Å². The number of amides is 2. The SMILES string of the molecule is CC(NC(=O)CCC(=O)NCc1ccccn1)C(=O)O. The first-order valence-electron chi connectivity index (χ1n) is 6.18. The Morgan fingerprint density at radius 1 is 1.25 bits per heavy atom. The number of hydrogen-bond acceptors (Lipinski definition) is 4. The highest BCUT2D eigenvalue weighted by atomic mass is 16.4. The number of carboxylic acids is 1. The molecule has 1 rings (SSSR count). The van der Waals surface area contributed by atoms with Crippen molar-refractivity contribution in [2.24, 2.45) is 0 Å². The molecule has 1 aromatic rings. The Morgan fingerprint density at radius 2 is 1.95 bits per heavy atom. The topological polar surface area (TPSA) is 108 Å². The zero-order valence-corrected chi connectivity index (χ0v) is 11.1. The lowest BCUT2D eigenvalue weighted by molar-refractivity contribution is -0.141. The summed E-state index contributed by atoms with van der Waals surface area (Å²) in [6.45, 7) is 1.66. The van der Waals surface area contributed by atoms with Crippen LogP contribution in [0.15, 0.2) is 24.4 Å². The fraction of sp³-hybridized carbons (Fsp3) is 0.385. The Morgan fingerprint density at radius 3 is 2.55 bits per heavy atom. The van der Waals surface area contributed by atoms with Crippen molar-refractivity contribution in [1.29, 1.82) is 0 Å². The Bertz CT molecular complexity index is 476. The molecule has 2 amide bonds. The van der Waals surface area contributed by atoms with Crippen molar-refractivity contribution in [2.75, 3.05) is 0 Å². The summed E-state index contributed by atoms with van der Waals surface area (Å²) in [6.07, 6.45) is 1.58. The number of aliphatic carboxylic acids is 1. The molecule has 0 aromatic carbocycles. The molecule has 0 bridgehead atoms. The van der Waals surface area contributed by atoms with Gasteiger partial charge in [0.1, 0.15) is 6.04 Å². The fourth-order valence-corrected chi connectivity index (χ4v) is 1.38. The number of nitrogens with one attached hydrogen (secondary N) is 2. The van der Waals surface area contributed by atoms with E-state index in [1.807, 2.05) is 6.07 Å². The molecule has 3 N–H and O–H groups in total. The third kappa shape index (κ3) is 5.94. The first-order chi connectivity index (χ1) is 9.49. The minimum Gasteiger partial charge on any atom is -0.480 e. The molecule has 0 saturated carbocycles. The standard InChI is InChI=1S/C13H17N3O4/c1-9(13(19)20)16-12(18)6-5-11(17)15-8-10-4-2-3-7-14-10/h2-4,7,9H,5-6,8H2,1H3,(H,15,17)(H,16,18)(H,19,20). The van der Waals surface area contributed by atoms with E-state index < -0.39 is 17.9 Å². The van der Waals surface area contributed by atoms with Crippen molar-refractivity contribution < 1.29 is 19.5 Å². The number of carbonyl (C=O) groups excluding carboxylic acids is 2. The molecule has 1 atom stereocenters. The van der Waals surface area contributed by atoms with E-state index in [9.17, 15) is 14.4 Å². The summed E-state index contributed by atoms with van der Waals surface area (Å²) in [6, 6.07) is 4.41. The second-order valence-corrected chi connectivity index (χ2v) is 4.23. The molecule has 0 spiro atoms. The van der Waals surface area contributed by atoms with Crippen molar-refractivity contribution in [3.8, 4) is 0 Å². The summed E-state index contributed by atoms with van der Waals surface area (Å²) < 4.78 is 0. The van der Waals surface area contributed by atoms with Crippen LogP contribution in [0.4, 0.5) is 0 Å². The van der Waals surface area contributed by atoms with Crippen LogP contribution < -0.4 is 10.6 Å². The van der Waals surface area contributed by atoms with Gasteiger partial charge in [-0.3, -0.25) is 19.4 Å². The number of hydrogen-bond donors (Lipinski definition) is 3. The molecule has 0 saturated heterocycles. The third-order valence-electron chi connectivity index (χ3n) is 2.52. The molecule has 0 fully saturated rings. The Labute approximate surface area is 116 Å². The van der Waals surface area contributed by atoms with Gasteiger partial charge in [-0.15, -0.1) is 0 Å². The first kappa shape index (κ1) is 15.6. The van der Waals surface area contributed by atoms with E-state index in [-0.39, 0.29) is 18.7 Å². The van der Waals surface area contributed by atoms with E-state index in [0.29, 0.717) is 6.54 Å². The Kier molecular flexibility index (Phi) is 6.15. The first-order valence-corrected chi connectivity index (χ1v) is 6.18. The molecule has 7 nitrogen and oxygen atoms in total. The molecule has 7 heteroatoms. The lowest BCUT2D eigenvalue weighted by Gasteiger charge is -2.09. The zero-order valence-electron chi connectivity index (χ0n) is 11.1. The molecule has 0 aliphatic heterocycles. The van der Waals surface area contributed by atoms with E-state index >= 15 is 0 Å². The molecule has 0 aliphatic carbocycles. The van der Waals surface area contributed by atoms with Crippen LogP contribution in [-0.2, 0) is 20.9 Å². The van der Waals surface area contributed by atoms with Gasteiger partial charge in [0.2, 0.25) is 11.8 Å². The van der Waals surface area contributed by atoms with E-state index in [0.717, 1.165) is 5.69 Å². The average Bonchev–Trinajstić information content (AvgIpc) is 2.43. The maximum absolute atomic E-state index is 11.5. The second kappa shape index (κ2) is 7.88. The second-order valence-electron chi connectivity index (χ2n) is 4.23. The van der Waals surface area contributed by atoms with E-state index in [2.05, 4.69) is 15.6 Å². The number of carbonyl (C=O) groups is 3. The predicted octanol–water partition coefficient (Wildman–Crippen LogP) is 0.0673. The van der Waals surface area contributed by atoms with Crippen LogP contribution in [0.2, 0.25) is 0 Å². The summed E-state index contributed by atoms with van der Waals surface area (Å²) in [5, 5.41) is 13.5.